The highest BCUT2D eigenvalue weighted by molar-refractivity contribution is 5.85. The molecule has 0 aromatic heterocycles. The first-order chi connectivity index (χ1) is 7.65. The van der Waals surface area contributed by atoms with Gasteiger partial charge in [-0.2, -0.15) is 0 Å². The monoisotopic (exact) mass is 262 g/mol. The average Bonchev–Trinajstić information content (AvgIpc) is 2.35. The van der Waals surface area contributed by atoms with E-state index in [0.717, 1.165) is 5.56 Å². The molecule has 1 aromatic carbocycles. The van der Waals surface area contributed by atoms with E-state index in [0.29, 0.717) is 0 Å². The lowest BCUT2D eigenvalue weighted by molar-refractivity contribution is -0.162. The van der Waals surface area contributed by atoms with Crippen LogP contribution in [-0.4, -0.2) is 40.1 Å². The Bertz CT molecular complexity index is 330. The van der Waals surface area contributed by atoms with Gasteiger partial charge in [0.1, 0.15) is 12.7 Å². The van der Waals surface area contributed by atoms with E-state index in [1.54, 1.807) is 24.3 Å². The quantitative estimate of drug-likeness (QED) is 0.644. The van der Waals surface area contributed by atoms with Gasteiger partial charge in [0.05, 0.1) is 6.61 Å². The number of aliphatic hydroxyl groups is 3. The molecule has 0 heterocycles. The van der Waals surface area contributed by atoms with Crippen molar-refractivity contribution >= 4 is 18.4 Å². The second-order valence-electron chi connectivity index (χ2n) is 3.29. The summed E-state index contributed by atoms with van der Waals surface area (Å²) in [7, 11) is 0. The van der Waals surface area contributed by atoms with Gasteiger partial charge in [-0.25, -0.2) is 4.79 Å². The SMILES string of the molecule is Cl.O=C(OCc1ccccc1)[C@H](O)[C@@H](O)CO. The van der Waals surface area contributed by atoms with Crippen LogP contribution in [0.1, 0.15) is 5.56 Å². The first-order valence-corrected chi connectivity index (χ1v) is 4.82. The van der Waals surface area contributed by atoms with Crippen LogP contribution in [0.15, 0.2) is 30.3 Å². The molecule has 17 heavy (non-hydrogen) atoms. The molecule has 6 heteroatoms. The number of hydrogen-bond donors (Lipinski definition) is 3. The van der Waals surface area contributed by atoms with Crippen LogP contribution in [0.5, 0.6) is 0 Å². The summed E-state index contributed by atoms with van der Waals surface area (Å²) in [6.07, 6.45) is -3.23. The molecule has 1 rings (SSSR count). The fourth-order valence-corrected chi connectivity index (χ4v) is 1.07. The van der Waals surface area contributed by atoms with Gasteiger partial charge >= 0.3 is 5.97 Å². The predicted molar refractivity (Wildman–Crippen MR) is 62.6 cm³/mol. The van der Waals surface area contributed by atoms with Crippen LogP contribution in [0.25, 0.3) is 0 Å². The number of halogens is 1. The van der Waals surface area contributed by atoms with Crippen molar-refractivity contribution in [1.29, 1.82) is 0 Å². The van der Waals surface area contributed by atoms with Crippen LogP contribution in [0.4, 0.5) is 0 Å². The Morgan fingerprint density at radius 3 is 2.35 bits per heavy atom. The smallest absolute Gasteiger partial charge is 0.338 e. The number of rotatable bonds is 5. The molecule has 0 unspecified atom stereocenters. The van der Waals surface area contributed by atoms with Crippen molar-refractivity contribution < 1.29 is 24.9 Å². The Morgan fingerprint density at radius 2 is 1.82 bits per heavy atom. The molecular formula is C11H15ClO5. The lowest BCUT2D eigenvalue weighted by Gasteiger charge is -2.14. The van der Waals surface area contributed by atoms with Gasteiger partial charge in [-0.05, 0) is 5.56 Å². The third-order valence-corrected chi connectivity index (χ3v) is 2.02. The Balaban J connectivity index is 0.00000256. The molecule has 1 aromatic rings. The van der Waals surface area contributed by atoms with E-state index in [2.05, 4.69) is 0 Å². The second kappa shape index (κ2) is 8.03. The van der Waals surface area contributed by atoms with Gasteiger partial charge in [0.25, 0.3) is 0 Å². The maximum atomic E-state index is 11.2. The molecule has 0 bridgehead atoms. The van der Waals surface area contributed by atoms with Crippen LogP contribution in [-0.2, 0) is 16.1 Å². The lowest BCUT2D eigenvalue weighted by atomic mass is 10.2. The molecule has 5 nitrogen and oxygen atoms in total. The molecule has 0 aliphatic rings. The van der Waals surface area contributed by atoms with Crippen molar-refractivity contribution in [3.63, 3.8) is 0 Å². The standard InChI is InChI=1S/C11H14O5.ClH/c12-6-9(13)10(14)11(15)16-7-8-4-2-1-3-5-8;/h1-5,9-10,12-14H,6-7H2;1H/t9-,10+;/m0./s1. The highest BCUT2D eigenvalue weighted by Crippen LogP contribution is 2.03. The Kier molecular flexibility index (Phi) is 7.49. The molecule has 0 aliphatic carbocycles. The highest BCUT2D eigenvalue weighted by atomic mass is 35.5. The third-order valence-electron chi connectivity index (χ3n) is 2.02. The van der Waals surface area contributed by atoms with Crippen LogP contribution in [0, 0.1) is 0 Å². The summed E-state index contributed by atoms with van der Waals surface area (Å²) in [5.41, 5.74) is 0.779. The van der Waals surface area contributed by atoms with Gasteiger partial charge in [-0.3, -0.25) is 0 Å². The van der Waals surface area contributed by atoms with Crippen molar-refractivity contribution in [2.45, 2.75) is 18.8 Å². The van der Waals surface area contributed by atoms with E-state index in [-0.39, 0.29) is 19.0 Å². The number of benzene rings is 1. The molecule has 0 spiro atoms. The van der Waals surface area contributed by atoms with E-state index in [1.165, 1.54) is 0 Å². The molecule has 0 amide bonds. The Morgan fingerprint density at radius 1 is 1.24 bits per heavy atom. The van der Waals surface area contributed by atoms with E-state index in [9.17, 15) is 9.90 Å². The summed E-state index contributed by atoms with van der Waals surface area (Å²) in [5.74, 6) is -0.953. The van der Waals surface area contributed by atoms with Crippen LogP contribution < -0.4 is 0 Å². The molecule has 2 atom stereocenters. The molecule has 0 saturated carbocycles. The van der Waals surface area contributed by atoms with E-state index >= 15 is 0 Å². The van der Waals surface area contributed by atoms with E-state index in [1.807, 2.05) is 6.07 Å². The maximum absolute atomic E-state index is 11.2. The van der Waals surface area contributed by atoms with Crippen LogP contribution >= 0.6 is 12.4 Å². The van der Waals surface area contributed by atoms with Gasteiger partial charge in [-0.15, -0.1) is 12.4 Å². The molecule has 96 valence electrons. The Hall–Kier alpha value is -1.14. The molecule has 0 aliphatic heterocycles. The first-order valence-electron chi connectivity index (χ1n) is 4.82. The number of carbonyl (C=O) groups is 1. The summed E-state index contributed by atoms with van der Waals surface area (Å²) in [6, 6.07) is 8.95. The zero-order chi connectivity index (χ0) is 12.0. The maximum Gasteiger partial charge on any atom is 0.338 e. The zero-order valence-corrected chi connectivity index (χ0v) is 9.84. The van der Waals surface area contributed by atoms with Gasteiger partial charge in [0, 0.05) is 0 Å². The van der Waals surface area contributed by atoms with Gasteiger partial charge in [0.2, 0.25) is 0 Å². The number of aliphatic hydroxyl groups excluding tert-OH is 3. The zero-order valence-electron chi connectivity index (χ0n) is 9.02. The minimum absolute atomic E-state index is 0. The Labute approximate surface area is 105 Å². The molecule has 0 radical (unpaired) electrons. The van der Waals surface area contributed by atoms with Crippen LogP contribution in [0.3, 0.4) is 0 Å². The first kappa shape index (κ1) is 15.9. The van der Waals surface area contributed by atoms with Gasteiger partial charge < -0.3 is 20.1 Å². The van der Waals surface area contributed by atoms with E-state index < -0.39 is 24.8 Å². The third kappa shape index (κ3) is 5.14. The van der Waals surface area contributed by atoms with Crippen LogP contribution in [0.2, 0.25) is 0 Å². The largest absolute Gasteiger partial charge is 0.459 e. The fourth-order valence-electron chi connectivity index (χ4n) is 1.07. The van der Waals surface area contributed by atoms with Gasteiger partial charge in [0.15, 0.2) is 6.10 Å². The summed E-state index contributed by atoms with van der Waals surface area (Å²) in [6.45, 7) is -0.670. The summed E-state index contributed by atoms with van der Waals surface area (Å²) in [5, 5.41) is 26.7. The van der Waals surface area contributed by atoms with Crippen molar-refractivity contribution in [2.24, 2.45) is 0 Å². The van der Waals surface area contributed by atoms with Crippen molar-refractivity contribution in [2.75, 3.05) is 6.61 Å². The lowest BCUT2D eigenvalue weighted by Crippen LogP contribution is -2.37. The summed E-state index contributed by atoms with van der Waals surface area (Å²) < 4.78 is 4.75. The average molecular weight is 263 g/mol. The number of ether oxygens (including phenoxy) is 1. The van der Waals surface area contributed by atoms with Crippen molar-refractivity contribution in [3.05, 3.63) is 35.9 Å². The summed E-state index contributed by atoms with van der Waals surface area (Å²) in [4.78, 5) is 11.2. The molecular weight excluding hydrogens is 248 g/mol. The van der Waals surface area contributed by atoms with Crippen molar-refractivity contribution in [3.8, 4) is 0 Å². The number of esters is 1. The fraction of sp³-hybridized carbons (Fsp3) is 0.364. The van der Waals surface area contributed by atoms with E-state index in [4.69, 9.17) is 14.9 Å². The topological polar surface area (TPSA) is 87.0 Å². The van der Waals surface area contributed by atoms with Gasteiger partial charge in [-0.1, -0.05) is 30.3 Å². The minimum Gasteiger partial charge on any atom is -0.459 e. The predicted octanol–water partition coefficient (Wildman–Crippen LogP) is -0.134. The molecule has 0 fully saturated rings. The highest BCUT2D eigenvalue weighted by Gasteiger charge is 2.24. The normalized spacial score (nSPS) is 13.4. The molecule has 3 N–H and O–H groups in total. The number of carbonyl (C=O) groups excluding carboxylic acids is 1. The van der Waals surface area contributed by atoms with Crippen molar-refractivity contribution in [1.82, 2.24) is 0 Å². The second-order valence-corrected chi connectivity index (χ2v) is 3.29. The minimum atomic E-state index is -1.71. The summed E-state index contributed by atoms with van der Waals surface area (Å²) >= 11 is 0. The molecule has 0 saturated heterocycles. The number of hydrogen-bond acceptors (Lipinski definition) is 5.